The highest BCUT2D eigenvalue weighted by molar-refractivity contribution is 6.30. The fourth-order valence-corrected chi connectivity index (χ4v) is 4.75. The molecular weight excluding hydrogens is 444 g/mol. The molecule has 0 N–H and O–H groups in total. The van der Waals surface area contributed by atoms with E-state index in [4.69, 9.17) is 16.7 Å². The van der Waals surface area contributed by atoms with Crippen LogP contribution in [0.2, 0.25) is 5.02 Å². The number of halogens is 1. The van der Waals surface area contributed by atoms with Crippen LogP contribution >= 0.6 is 11.6 Å². The molecule has 172 valence electrons. The van der Waals surface area contributed by atoms with Gasteiger partial charge < -0.3 is 4.90 Å². The van der Waals surface area contributed by atoms with Crippen LogP contribution in [0.4, 0.5) is 0 Å². The Hall–Kier alpha value is -3.41. The molecule has 1 aromatic heterocycles. The van der Waals surface area contributed by atoms with E-state index >= 15 is 0 Å². The lowest BCUT2D eigenvalue weighted by Gasteiger charge is -2.28. The molecule has 1 aliphatic rings. The molecule has 0 atom stereocenters. The Morgan fingerprint density at radius 2 is 1.74 bits per heavy atom. The first-order chi connectivity index (χ1) is 16.6. The molecule has 0 bridgehead atoms. The third-order valence-electron chi connectivity index (χ3n) is 6.28. The van der Waals surface area contributed by atoms with Crippen molar-refractivity contribution in [3.8, 4) is 5.69 Å². The predicted molar refractivity (Wildman–Crippen MR) is 135 cm³/mol. The molecule has 0 spiro atoms. The molecule has 3 aromatic carbocycles. The molecule has 0 unspecified atom stereocenters. The summed E-state index contributed by atoms with van der Waals surface area (Å²) in [6.07, 6.45) is 0.887. The van der Waals surface area contributed by atoms with Crippen molar-refractivity contribution in [3.63, 3.8) is 0 Å². The lowest BCUT2D eigenvalue weighted by Crippen LogP contribution is -2.32. The summed E-state index contributed by atoms with van der Waals surface area (Å²) in [7, 11) is 1.84. The molecule has 4 aromatic rings. The van der Waals surface area contributed by atoms with Crippen molar-refractivity contribution in [3.05, 3.63) is 118 Å². The number of carbonyl (C=O) groups is 1. The van der Waals surface area contributed by atoms with Crippen LogP contribution in [0.3, 0.4) is 0 Å². The molecular formula is C28H27ClN4O. The number of hydrogen-bond acceptors (Lipinski definition) is 3. The molecule has 0 fully saturated rings. The number of aromatic nitrogens is 2. The number of rotatable bonds is 6. The Labute approximate surface area is 205 Å². The van der Waals surface area contributed by atoms with Gasteiger partial charge in [-0.2, -0.15) is 5.10 Å². The maximum Gasteiger partial charge on any atom is 0.253 e. The smallest absolute Gasteiger partial charge is 0.253 e. The molecule has 34 heavy (non-hydrogen) atoms. The fourth-order valence-electron chi connectivity index (χ4n) is 4.56. The number of hydrogen-bond donors (Lipinski definition) is 0. The van der Waals surface area contributed by atoms with Crippen molar-refractivity contribution in [2.45, 2.75) is 26.1 Å². The lowest BCUT2D eigenvalue weighted by atomic mass is 10.0. The van der Waals surface area contributed by atoms with Gasteiger partial charge in [-0.15, -0.1) is 0 Å². The molecule has 0 saturated heterocycles. The number of amides is 1. The summed E-state index contributed by atoms with van der Waals surface area (Å²) in [5.41, 5.74) is 6.25. The van der Waals surface area contributed by atoms with Gasteiger partial charge in [-0.3, -0.25) is 9.69 Å². The first-order valence-corrected chi connectivity index (χ1v) is 11.9. The van der Waals surface area contributed by atoms with Crippen LogP contribution < -0.4 is 0 Å². The van der Waals surface area contributed by atoms with Gasteiger partial charge in [0.1, 0.15) is 0 Å². The van der Waals surface area contributed by atoms with E-state index in [1.807, 2.05) is 72.4 Å². The zero-order valence-corrected chi connectivity index (χ0v) is 19.9. The van der Waals surface area contributed by atoms with Gasteiger partial charge in [0.15, 0.2) is 0 Å². The summed E-state index contributed by atoms with van der Waals surface area (Å²) in [5, 5.41) is 5.68. The number of fused-ring (bicyclic) bond motifs is 1. The van der Waals surface area contributed by atoms with Crippen LogP contribution in [-0.4, -0.2) is 39.1 Å². The van der Waals surface area contributed by atoms with Crippen LogP contribution in [0.15, 0.2) is 84.9 Å². The van der Waals surface area contributed by atoms with Gasteiger partial charge in [0, 0.05) is 49.3 Å². The Kier molecular flexibility index (Phi) is 6.48. The number of nitrogens with zero attached hydrogens (tertiary/aromatic N) is 4. The minimum Gasteiger partial charge on any atom is -0.336 e. The summed E-state index contributed by atoms with van der Waals surface area (Å²) in [6, 6.07) is 27.7. The van der Waals surface area contributed by atoms with E-state index < -0.39 is 0 Å². The van der Waals surface area contributed by atoms with E-state index in [1.54, 1.807) is 4.90 Å². The van der Waals surface area contributed by atoms with Crippen molar-refractivity contribution < 1.29 is 4.79 Å². The van der Waals surface area contributed by atoms with Crippen molar-refractivity contribution in [2.75, 3.05) is 13.6 Å². The lowest BCUT2D eigenvalue weighted by molar-refractivity contribution is 0.0782. The number of carbonyl (C=O) groups excluding carboxylic acids is 1. The third-order valence-corrected chi connectivity index (χ3v) is 6.51. The fraction of sp³-hybridized carbons (Fsp3) is 0.214. The normalized spacial score (nSPS) is 13.5. The summed E-state index contributed by atoms with van der Waals surface area (Å²) in [4.78, 5) is 17.2. The van der Waals surface area contributed by atoms with Gasteiger partial charge >= 0.3 is 0 Å². The molecule has 1 aliphatic heterocycles. The van der Waals surface area contributed by atoms with E-state index in [9.17, 15) is 4.79 Å². The maximum absolute atomic E-state index is 13.0. The number of benzene rings is 3. The SMILES string of the molecule is CN(Cc1nn(-c2cccc(Cl)c2)c2c1CN(Cc1ccccc1)CC2)C(=O)c1ccccc1. The predicted octanol–water partition coefficient (Wildman–Crippen LogP) is 5.36. The molecule has 5 nitrogen and oxygen atoms in total. The molecule has 5 rings (SSSR count). The van der Waals surface area contributed by atoms with E-state index in [0.717, 1.165) is 37.4 Å². The molecule has 6 heteroatoms. The Morgan fingerprint density at radius 1 is 1.00 bits per heavy atom. The molecule has 0 radical (unpaired) electrons. The van der Waals surface area contributed by atoms with Crippen LogP contribution in [0, 0.1) is 0 Å². The van der Waals surface area contributed by atoms with Crippen LogP contribution in [0.25, 0.3) is 5.69 Å². The summed E-state index contributed by atoms with van der Waals surface area (Å²) < 4.78 is 2.01. The van der Waals surface area contributed by atoms with E-state index in [2.05, 4.69) is 29.2 Å². The third kappa shape index (κ3) is 4.76. The monoisotopic (exact) mass is 470 g/mol. The maximum atomic E-state index is 13.0. The minimum atomic E-state index is -0.0105. The van der Waals surface area contributed by atoms with Crippen LogP contribution in [-0.2, 0) is 26.1 Å². The van der Waals surface area contributed by atoms with E-state index in [-0.39, 0.29) is 5.91 Å². The van der Waals surface area contributed by atoms with Crippen molar-refractivity contribution in [1.29, 1.82) is 0 Å². The van der Waals surface area contributed by atoms with Gasteiger partial charge in [0.05, 0.1) is 23.6 Å². The molecule has 1 amide bonds. The van der Waals surface area contributed by atoms with Gasteiger partial charge in [0.25, 0.3) is 5.91 Å². The highest BCUT2D eigenvalue weighted by Crippen LogP contribution is 2.28. The summed E-state index contributed by atoms with van der Waals surface area (Å²) >= 11 is 6.29. The molecule has 2 heterocycles. The minimum absolute atomic E-state index is 0.0105. The second-order valence-electron chi connectivity index (χ2n) is 8.74. The zero-order valence-electron chi connectivity index (χ0n) is 19.2. The van der Waals surface area contributed by atoms with Crippen molar-refractivity contribution >= 4 is 17.5 Å². The molecule has 0 saturated carbocycles. The standard InChI is InChI=1S/C28H27ClN4O/c1-31(28(34)22-11-6-3-7-12-22)20-26-25-19-32(18-21-9-4-2-5-10-21)16-15-27(25)33(30-26)24-14-8-13-23(29)17-24/h2-14,17H,15-16,18-20H2,1H3. The zero-order chi connectivity index (χ0) is 23.5. The summed E-state index contributed by atoms with van der Waals surface area (Å²) in [6.45, 7) is 3.09. The van der Waals surface area contributed by atoms with Crippen molar-refractivity contribution in [1.82, 2.24) is 19.6 Å². The average molecular weight is 471 g/mol. The second-order valence-corrected chi connectivity index (χ2v) is 9.17. The Balaban J connectivity index is 1.46. The topological polar surface area (TPSA) is 41.4 Å². The first kappa shape index (κ1) is 22.4. The quantitative estimate of drug-likeness (QED) is 0.381. The van der Waals surface area contributed by atoms with Gasteiger partial charge in [-0.25, -0.2) is 4.68 Å². The Bertz CT molecular complexity index is 1290. The largest absolute Gasteiger partial charge is 0.336 e. The second kappa shape index (κ2) is 9.84. The van der Waals surface area contributed by atoms with Gasteiger partial charge in [0.2, 0.25) is 0 Å². The van der Waals surface area contributed by atoms with Crippen LogP contribution in [0.1, 0.15) is 32.9 Å². The van der Waals surface area contributed by atoms with E-state index in [1.165, 1.54) is 16.8 Å². The van der Waals surface area contributed by atoms with Gasteiger partial charge in [-0.1, -0.05) is 66.2 Å². The summed E-state index contributed by atoms with van der Waals surface area (Å²) in [5.74, 6) is -0.0105. The van der Waals surface area contributed by atoms with Crippen LogP contribution in [0.5, 0.6) is 0 Å². The van der Waals surface area contributed by atoms with Crippen molar-refractivity contribution in [2.24, 2.45) is 0 Å². The van der Waals surface area contributed by atoms with Gasteiger partial charge in [-0.05, 0) is 35.9 Å². The molecule has 0 aliphatic carbocycles. The highest BCUT2D eigenvalue weighted by atomic mass is 35.5. The first-order valence-electron chi connectivity index (χ1n) is 11.5. The highest BCUT2D eigenvalue weighted by Gasteiger charge is 2.27. The van der Waals surface area contributed by atoms with E-state index in [0.29, 0.717) is 17.1 Å². The Morgan fingerprint density at radius 3 is 2.47 bits per heavy atom. The average Bonchev–Trinajstić information content (AvgIpc) is 3.22.